The molecule has 24 heavy (non-hydrogen) atoms. The van der Waals surface area contributed by atoms with Gasteiger partial charge in [-0.1, -0.05) is 27.2 Å². The molecule has 3 rings (SSSR count). The second kappa shape index (κ2) is 7.76. The molecule has 0 spiro atoms. The molecule has 1 aliphatic heterocycles. The van der Waals surface area contributed by atoms with Gasteiger partial charge in [0.25, 0.3) is 5.89 Å². The summed E-state index contributed by atoms with van der Waals surface area (Å²) in [5.41, 5.74) is 0.884. The molecule has 2 heterocycles. The predicted octanol–water partition coefficient (Wildman–Crippen LogP) is 2.77. The topological polar surface area (TPSA) is 71.7 Å². The van der Waals surface area contributed by atoms with Crippen LogP contribution in [0.25, 0.3) is 11.5 Å². The molecule has 1 aromatic carbocycles. The smallest absolute Gasteiger partial charge is 0.409 e. The zero-order valence-corrected chi connectivity index (χ0v) is 15.0. The lowest BCUT2D eigenvalue weighted by atomic mass is 10.2. The highest BCUT2D eigenvalue weighted by molar-refractivity contribution is 9.10. The fourth-order valence-corrected chi connectivity index (χ4v) is 2.96. The molecular formula is C16H19BrN4O3. The summed E-state index contributed by atoms with van der Waals surface area (Å²) in [6.07, 6.45) is -0.242. The van der Waals surface area contributed by atoms with Crippen LogP contribution in [-0.4, -0.2) is 58.8 Å². The third kappa shape index (κ3) is 4.12. The van der Waals surface area contributed by atoms with Crippen LogP contribution < -0.4 is 0 Å². The summed E-state index contributed by atoms with van der Waals surface area (Å²) >= 11 is 3.43. The Bertz CT molecular complexity index is 698. The molecule has 0 aliphatic carbocycles. The van der Waals surface area contributed by atoms with Crippen molar-refractivity contribution in [1.29, 1.82) is 0 Å². The van der Waals surface area contributed by atoms with Gasteiger partial charge < -0.3 is 14.2 Å². The summed E-state index contributed by atoms with van der Waals surface area (Å²) in [4.78, 5) is 20.1. The molecule has 0 N–H and O–H groups in total. The van der Waals surface area contributed by atoms with E-state index in [1.165, 1.54) is 0 Å². The van der Waals surface area contributed by atoms with E-state index in [0.29, 0.717) is 38.0 Å². The molecule has 0 radical (unpaired) electrons. The van der Waals surface area contributed by atoms with Crippen LogP contribution >= 0.6 is 15.9 Å². The molecule has 1 amide bonds. The van der Waals surface area contributed by atoms with Gasteiger partial charge in [-0.25, -0.2) is 4.79 Å². The van der Waals surface area contributed by atoms with Gasteiger partial charge in [-0.05, 0) is 25.1 Å². The number of benzene rings is 1. The van der Waals surface area contributed by atoms with Gasteiger partial charge >= 0.3 is 6.09 Å². The summed E-state index contributed by atoms with van der Waals surface area (Å²) < 4.78 is 11.3. The SMILES string of the molecule is CCOC(=O)N1CCN(Cc2noc(-c3cccc(Br)c3)n2)CC1. The molecule has 8 heteroatoms. The first-order valence-corrected chi connectivity index (χ1v) is 8.67. The van der Waals surface area contributed by atoms with Crippen LogP contribution in [0.2, 0.25) is 0 Å². The number of hydrogen-bond donors (Lipinski definition) is 0. The molecule has 0 atom stereocenters. The molecular weight excluding hydrogens is 376 g/mol. The highest BCUT2D eigenvalue weighted by Gasteiger charge is 2.23. The lowest BCUT2D eigenvalue weighted by Crippen LogP contribution is -2.48. The molecule has 7 nitrogen and oxygen atoms in total. The number of rotatable bonds is 4. The third-order valence-electron chi connectivity index (χ3n) is 3.80. The van der Waals surface area contributed by atoms with Crippen molar-refractivity contribution < 1.29 is 14.1 Å². The molecule has 128 valence electrons. The van der Waals surface area contributed by atoms with Gasteiger partial charge in [0.05, 0.1) is 13.2 Å². The molecule has 1 aliphatic rings. The first-order valence-electron chi connectivity index (χ1n) is 7.88. The van der Waals surface area contributed by atoms with Gasteiger partial charge in [0.15, 0.2) is 5.82 Å². The van der Waals surface area contributed by atoms with Crippen LogP contribution in [0.15, 0.2) is 33.3 Å². The second-order valence-corrected chi connectivity index (χ2v) is 6.40. The Balaban J connectivity index is 1.56. The molecule has 0 bridgehead atoms. The lowest BCUT2D eigenvalue weighted by molar-refractivity contribution is 0.0769. The summed E-state index contributed by atoms with van der Waals surface area (Å²) in [6.45, 7) is 5.64. The van der Waals surface area contributed by atoms with E-state index in [1.807, 2.05) is 31.2 Å². The Kier molecular flexibility index (Phi) is 5.47. The number of nitrogens with zero attached hydrogens (tertiary/aromatic N) is 4. The van der Waals surface area contributed by atoms with Crippen LogP contribution in [-0.2, 0) is 11.3 Å². The minimum atomic E-state index is -0.242. The molecule has 1 aromatic heterocycles. The number of hydrogen-bond acceptors (Lipinski definition) is 6. The minimum absolute atomic E-state index is 0.242. The molecule has 1 fully saturated rings. The summed E-state index contributed by atoms with van der Waals surface area (Å²) in [5, 5.41) is 4.05. The van der Waals surface area contributed by atoms with Crippen molar-refractivity contribution in [2.24, 2.45) is 0 Å². The van der Waals surface area contributed by atoms with Gasteiger partial charge in [0.1, 0.15) is 0 Å². The first kappa shape index (κ1) is 16.9. The quantitative estimate of drug-likeness (QED) is 0.793. The van der Waals surface area contributed by atoms with Gasteiger partial charge in [0, 0.05) is 36.2 Å². The normalized spacial score (nSPS) is 15.5. The van der Waals surface area contributed by atoms with Crippen molar-refractivity contribution in [1.82, 2.24) is 19.9 Å². The van der Waals surface area contributed by atoms with E-state index in [4.69, 9.17) is 9.26 Å². The van der Waals surface area contributed by atoms with E-state index in [9.17, 15) is 4.79 Å². The number of ether oxygens (including phenoxy) is 1. The first-order chi connectivity index (χ1) is 11.7. The fourth-order valence-electron chi connectivity index (χ4n) is 2.56. The van der Waals surface area contributed by atoms with E-state index in [0.717, 1.165) is 23.1 Å². The monoisotopic (exact) mass is 394 g/mol. The Hall–Kier alpha value is -1.93. The van der Waals surface area contributed by atoms with Gasteiger partial charge in [0.2, 0.25) is 0 Å². The van der Waals surface area contributed by atoms with Crippen LogP contribution in [0.5, 0.6) is 0 Å². The average Bonchev–Trinajstić information content (AvgIpc) is 3.04. The maximum Gasteiger partial charge on any atom is 0.409 e. The minimum Gasteiger partial charge on any atom is -0.450 e. The van der Waals surface area contributed by atoms with Crippen molar-refractivity contribution in [3.8, 4) is 11.5 Å². The molecule has 1 saturated heterocycles. The Morgan fingerprint density at radius 3 is 2.83 bits per heavy atom. The number of halogens is 1. The largest absolute Gasteiger partial charge is 0.450 e. The molecule has 0 unspecified atom stereocenters. The number of carbonyl (C=O) groups excluding carboxylic acids is 1. The summed E-state index contributed by atoms with van der Waals surface area (Å²) in [5.74, 6) is 1.16. The highest BCUT2D eigenvalue weighted by atomic mass is 79.9. The summed E-state index contributed by atoms with van der Waals surface area (Å²) in [7, 11) is 0. The Morgan fingerprint density at radius 2 is 2.12 bits per heavy atom. The summed E-state index contributed by atoms with van der Waals surface area (Å²) in [6, 6.07) is 7.75. The number of carbonyl (C=O) groups is 1. The van der Waals surface area contributed by atoms with E-state index < -0.39 is 0 Å². The van der Waals surface area contributed by atoms with Crippen molar-refractivity contribution in [2.75, 3.05) is 32.8 Å². The standard InChI is InChI=1S/C16H19BrN4O3/c1-2-23-16(22)21-8-6-20(7-9-21)11-14-18-15(24-19-14)12-4-3-5-13(17)10-12/h3-5,10H,2,6-9,11H2,1H3. The maximum atomic E-state index is 11.7. The fraction of sp³-hybridized carbons (Fsp3) is 0.438. The van der Waals surface area contributed by atoms with Gasteiger partial charge in [-0.2, -0.15) is 4.98 Å². The Labute approximate surface area is 148 Å². The number of amides is 1. The Morgan fingerprint density at radius 1 is 1.33 bits per heavy atom. The van der Waals surface area contributed by atoms with Crippen LogP contribution in [0.1, 0.15) is 12.7 Å². The zero-order valence-electron chi connectivity index (χ0n) is 13.4. The van der Waals surface area contributed by atoms with Crippen molar-refractivity contribution in [2.45, 2.75) is 13.5 Å². The molecule has 2 aromatic rings. The van der Waals surface area contributed by atoms with Crippen molar-refractivity contribution in [3.05, 3.63) is 34.6 Å². The van der Waals surface area contributed by atoms with Crippen LogP contribution in [0, 0.1) is 0 Å². The highest BCUT2D eigenvalue weighted by Crippen LogP contribution is 2.21. The van der Waals surface area contributed by atoms with Crippen LogP contribution in [0.4, 0.5) is 4.79 Å². The third-order valence-corrected chi connectivity index (χ3v) is 4.30. The maximum absolute atomic E-state index is 11.7. The number of piperazine rings is 1. The van der Waals surface area contributed by atoms with Gasteiger partial charge in [-0.15, -0.1) is 0 Å². The lowest BCUT2D eigenvalue weighted by Gasteiger charge is -2.33. The van der Waals surface area contributed by atoms with E-state index in [1.54, 1.807) is 4.90 Å². The van der Waals surface area contributed by atoms with Gasteiger partial charge in [-0.3, -0.25) is 4.90 Å². The van der Waals surface area contributed by atoms with Crippen LogP contribution in [0.3, 0.4) is 0 Å². The van der Waals surface area contributed by atoms with Crippen molar-refractivity contribution >= 4 is 22.0 Å². The van der Waals surface area contributed by atoms with E-state index >= 15 is 0 Å². The number of aromatic nitrogens is 2. The van der Waals surface area contributed by atoms with E-state index in [2.05, 4.69) is 31.0 Å². The second-order valence-electron chi connectivity index (χ2n) is 5.49. The van der Waals surface area contributed by atoms with Crippen molar-refractivity contribution in [3.63, 3.8) is 0 Å². The zero-order chi connectivity index (χ0) is 16.9. The van der Waals surface area contributed by atoms with E-state index in [-0.39, 0.29) is 6.09 Å². The molecule has 0 saturated carbocycles. The predicted molar refractivity (Wildman–Crippen MR) is 91.3 cm³/mol. The average molecular weight is 395 g/mol.